The highest BCUT2D eigenvalue weighted by Crippen LogP contribution is 2.30. The molecule has 2 unspecified atom stereocenters. The van der Waals surface area contributed by atoms with Gasteiger partial charge in [0, 0.05) is 50.8 Å². The van der Waals surface area contributed by atoms with Crippen molar-refractivity contribution in [2.75, 3.05) is 26.2 Å². The number of amides is 1. The molecule has 2 aliphatic rings. The molecule has 2 aliphatic heterocycles. The molecule has 1 aromatic heterocycles. The Morgan fingerprint density at radius 1 is 1.14 bits per heavy atom. The number of hydrogen-bond acceptors (Lipinski definition) is 4. The van der Waals surface area contributed by atoms with Crippen molar-refractivity contribution < 1.29 is 13.6 Å². The number of hydrogen-bond donors (Lipinski definition) is 3. The third kappa shape index (κ3) is 3.79. The molecule has 2 saturated heterocycles. The highest BCUT2D eigenvalue weighted by molar-refractivity contribution is 5.81. The van der Waals surface area contributed by atoms with E-state index in [-0.39, 0.29) is 29.7 Å². The van der Waals surface area contributed by atoms with Gasteiger partial charge in [0.15, 0.2) is 11.6 Å². The molecule has 8 heteroatoms. The number of halogens is 2. The standard InChI is InChI=1S/C20H25F2N5O/c1-27-11-13(7-25-27)15-8-24-9-16(15)20(28)26-19-10-23-5-4-14(19)12-2-3-17(21)18(22)6-12/h2-3,6-7,11,14-16,19,23-24H,4-5,8-10H2,1H3,(H,26,28)/t14?,15-,16+,19?/m1/s1. The molecule has 0 radical (unpaired) electrons. The first-order chi connectivity index (χ1) is 13.5. The molecule has 2 fully saturated rings. The summed E-state index contributed by atoms with van der Waals surface area (Å²) in [6, 6.07) is 3.86. The highest BCUT2D eigenvalue weighted by Gasteiger charge is 2.37. The van der Waals surface area contributed by atoms with E-state index in [1.54, 1.807) is 10.7 Å². The molecule has 3 N–H and O–H groups in total. The van der Waals surface area contributed by atoms with Gasteiger partial charge in [0.05, 0.1) is 12.1 Å². The van der Waals surface area contributed by atoms with Crippen molar-refractivity contribution in [2.45, 2.75) is 24.3 Å². The van der Waals surface area contributed by atoms with Crippen molar-refractivity contribution in [3.63, 3.8) is 0 Å². The van der Waals surface area contributed by atoms with Gasteiger partial charge in [-0.05, 0) is 36.2 Å². The summed E-state index contributed by atoms with van der Waals surface area (Å²) in [5.41, 5.74) is 1.77. The smallest absolute Gasteiger partial charge is 0.225 e. The second kappa shape index (κ2) is 7.97. The fourth-order valence-electron chi connectivity index (χ4n) is 4.38. The van der Waals surface area contributed by atoms with Gasteiger partial charge in [-0.15, -0.1) is 0 Å². The van der Waals surface area contributed by atoms with E-state index in [0.29, 0.717) is 13.1 Å². The molecule has 0 saturated carbocycles. The van der Waals surface area contributed by atoms with Crippen molar-refractivity contribution >= 4 is 5.91 Å². The number of benzene rings is 1. The van der Waals surface area contributed by atoms with E-state index in [0.717, 1.165) is 36.7 Å². The molecule has 0 spiro atoms. The number of piperidine rings is 1. The minimum Gasteiger partial charge on any atom is -0.351 e. The number of carbonyl (C=O) groups is 1. The average Bonchev–Trinajstić information content (AvgIpc) is 3.33. The Bertz CT molecular complexity index is 855. The molecule has 1 amide bonds. The third-order valence-corrected chi connectivity index (χ3v) is 5.89. The van der Waals surface area contributed by atoms with Crippen LogP contribution in [-0.2, 0) is 11.8 Å². The molecule has 6 nitrogen and oxygen atoms in total. The van der Waals surface area contributed by atoms with Crippen LogP contribution in [0.3, 0.4) is 0 Å². The number of nitrogens with zero attached hydrogens (tertiary/aromatic N) is 2. The fourth-order valence-corrected chi connectivity index (χ4v) is 4.38. The summed E-state index contributed by atoms with van der Waals surface area (Å²) in [7, 11) is 1.86. The van der Waals surface area contributed by atoms with Crippen molar-refractivity contribution in [1.29, 1.82) is 0 Å². The third-order valence-electron chi connectivity index (χ3n) is 5.89. The van der Waals surface area contributed by atoms with Gasteiger partial charge < -0.3 is 16.0 Å². The van der Waals surface area contributed by atoms with Crippen LogP contribution in [0.25, 0.3) is 0 Å². The first-order valence-corrected chi connectivity index (χ1v) is 9.68. The quantitative estimate of drug-likeness (QED) is 0.737. The summed E-state index contributed by atoms with van der Waals surface area (Å²) in [4.78, 5) is 13.1. The van der Waals surface area contributed by atoms with Crippen LogP contribution >= 0.6 is 0 Å². The van der Waals surface area contributed by atoms with Gasteiger partial charge in [-0.25, -0.2) is 8.78 Å². The Kier molecular flexibility index (Phi) is 5.41. The van der Waals surface area contributed by atoms with Gasteiger partial charge in [0.2, 0.25) is 5.91 Å². The second-order valence-corrected chi connectivity index (χ2v) is 7.71. The Labute approximate surface area is 162 Å². The highest BCUT2D eigenvalue weighted by atomic mass is 19.2. The Balaban J connectivity index is 1.49. The van der Waals surface area contributed by atoms with Gasteiger partial charge in [0.25, 0.3) is 0 Å². The minimum absolute atomic E-state index is 0.0138. The number of rotatable bonds is 4. The largest absolute Gasteiger partial charge is 0.351 e. The predicted octanol–water partition coefficient (Wildman–Crippen LogP) is 1.26. The van der Waals surface area contributed by atoms with Crippen LogP contribution in [-0.4, -0.2) is 47.9 Å². The van der Waals surface area contributed by atoms with Gasteiger partial charge in [-0.3, -0.25) is 9.48 Å². The van der Waals surface area contributed by atoms with E-state index in [2.05, 4.69) is 21.0 Å². The van der Waals surface area contributed by atoms with Crippen molar-refractivity contribution in [3.05, 3.63) is 53.4 Å². The van der Waals surface area contributed by atoms with Crippen LogP contribution in [0.1, 0.15) is 29.4 Å². The number of aryl methyl sites for hydroxylation is 1. The average molecular weight is 389 g/mol. The summed E-state index contributed by atoms with van der Waals surface area (Å²) < 4.78 is 28.8. The lowest BCUT2D eigenvalue weighted by Crippen LogP contribution is -2.52. The summed E-state index contributed by atoms with van der Waals surface area (Å²) in [5, 5.41) is 14.0. The van der Waals surface area contributed by atoms with Crippen LogP contribution in [0.2, 0.25) is 0 Å². The zero-order valence-electron chi connectivity index (χ0n) is 15.8. The van der Waals surface area contributed by atoms with E-state index in [1.165, 1.54) is 6.07 Å². The van der Waals surface area contributed by atoms with Crippen LogP contribution < -0.4 is 16.0 Å². The molecule has 150 valence electrons. The molecule has 2 aromatic rings. The minimum atomic E-state index is -0.852. The number of nitrogens with one attached hydrogen (secondary N) is 3. The summed E-state index contributed by atoms with van der Waals surface area (Å²) >= 11 is 0. The van der Waals surface area contributed by atoms with Gasteiger partial charge in [-0.2, -0.15) is 5.10 Å². The zero-order valence-corrected chi connectivity index (χ0v) is 15.8. The first-order valence-electron chi connectivity index (χ1n) is 9.68. The second-order valence-electron chi connectivity index (χ2n) is 7.71. The Morgan fingerprint density at radius 3 is 2.75 bits per heavy atom. The molecule has 0 bridgehead atoms. The number of carbonyl (C=O) groups excluding carboxylic acids is 1. The number of aromatic nitrogens is 2. The molecular weight excluding hydrogens is 364 g/mol. The molecular formula is C20H25F2N5O. The summed E-state index contributed by atoms with van der Waals surface area (Å²) in [5.74, 6) is -1.87. The molecule has 1 aromatic carbocycles. The molecule has 3 heterocycles. The Hall–Kier alpha value is -2.32. The van der Waals surface area contributed by atoms with E-state index in [9.17, 15) is 13.6 Å². The molecule has 4 rings (SSSR count). The zero-order chi connectivity index (χ0) is 19.7. The maximum Gasteiger partial charge on any atom is 0.225 e. The summed E-state index contributed by atoms with van der Waals surface area (Å²) in [6.45, 7) is 2.73. The lowest BCUT2D eigenvalue weighted by molar-refractivity contribution is -0.125. The van der Waals surface area contributed by atoms with E-state index < -0.39 is 11.6 Å². The van der Waals surface area contributed by atoms with Crippen molar-refractivity contribution in [2.24, 2.45) is 13.0 Å². The molecule has 28 heavy (non-hydrogen) atoms. The van der Waals surface area contributed by atoms with E-state index in [4.69, 9.17) is 0 Å². The Morgan fingerprint density at radius 2 is 2.00 bits per heavy atom. The van der Waals surface area contributed by atoms with Crippen LogP contribution in [0.4, 0.5) is 8.78 Å². The molecule has 0 aliphatic carbocycles. The lowest BCUT2D eigenvalue weighted by Gasteiger charge is -2.34. The van der Waals surface area contributed by atoms with Gasteiger partial charge in [0.1, 0.15) is 0 Å². The van der Waals surface area contributed by atoms with Crippen LogP contribution in [0.5, 0.6) is 0 Å². The lowest BCUT2D eigenvalue weighted by atomic mass is 9.84. The van der Waals surface area contributed by atoms with Crippen LogP contribution in [0, 0.1) is 17.6 Å². The predicted molar refractivity (Wildman–Crippen MR) is 101 cm³/mol. The van der Waals surface area contributed by atoms with E-state index >= 15 is 0 Å². The topological polar surface area (TPSA) is 71.0 Å². The normalized spacial score (nSPS) is 27.7. The SMILES string of the molecule is Cn1cc([C@H]2CNC[C@@H]2C(=O)NC2CNCCC2c2ccc(F)c(F)c2)cn1. The van der Waals surface area contributed by atoms with Crippen LogP contribution in [0.15, 0.2) is 30.6 Å². The molecule has 4 atom stereocenters. The van der Waals surface area contributed by atoms with Gasteiger partial charge in [-0.1, -0.05) is 6.07 Å². The maximum absolute atomic E-state index is 13.7. The monoisotopic (exact) mass is 389 g/mol. The maximum atomic E-state index is 13.7. The van der Waals surface area contributed by atoms with E-state index in [1.807, 2.05) is 19.4 Å². The fraction of sp³-hybridized carbons (Fsp3) is 0.500. The first kappa shape index (κ1) is 19.0. The van der Waals surface area contributed by atoms with Crippen molar-refractivity contribution in [3.8, 4) is 0 Å². The van der Waals surface area contributed by atoms with Crippen molar-refractivity contribution in [1.82, 2.24) is 25.7 Å². The summed E-state index contributed by atoms with van der Waals surface area (Å²) in [6.07, 6.45) is 4.51. The van der Waals surface area contributed by atoms with Gasteiger partial charge >= 0.3 is 0 Å².